The second-order valence-electron chi connectivity index (χ2n) is 3.81. The van der Waals surface area contributed by atoms with E-state index in [2.05, 4.69) is 6.58 Å². The third-order valence-corrected chi connectivity index (χ3v) is 2.18. The number of aliphatic hydroxyl groups is 1. The highest BCUT2D eigenvalue weighted by Crippen LogP contribution is 2.04. The van der Waals surface area contributed by atoms with E-state index in [9.17, 15) is 0 Å². The van der Waals surface area contributed by atoms with E-state index in [1.54, 1.807) is 0 Å². The Kier molecular flexibility index (Phi) is 12.7. The molecule has 0 rings (SSSR count). The number of ether oxygens (including phenoxy) is 4. The molecule has 0 heterocycles. The van der Waals surface area contributed by atoms with Crippen molar-refractivity contribution in [1.82, 2.24) is 0 Å². The zero-order valence-corrected chi connectivity index (χ0v) is 11.5. The molecule has 0 aliphatic rings. The molecule has 0 bridgehead atoms. The number of hydrogen-bond donors (Lipinski definition) is 1. The summed E-state index contributed by atoms with van der Waals surface area (Å²) in [6.45, 7) is 11.4. The van der Waals surface area contributed by atoms with Gasteiger partial charge in [-0.1, -0.05) is 6.58 Å². The normalized spacial score (nSPS) is 12.6. The summed E-state index contributed by atoms with van der Waals surface area (Å²) in [4.78, 5) is 0. The van der Waals surface area contributed by atoms with Crippen LogP contribution >= 0.6 is 0 Å². The minimum Gasteiger partial charge on any atom is -0.394 e. The van der Waals surface area contributed by atoms with Crippen LogP contribution in [0.5, 0.6) is 0 Å². The van der Waals surface area contributed by atoms with Gasteiger partial charge in [-0.3, -0.25) is 0 Å². The third-order valence-electron chi connectivity index (χ3n) is 2.18. The molecule has 0 radical (unpaired) electrons. The Labute approximate surface area is 110 Å². The van der Waals surface area contributed by atoms with Gasteiger partial charge in [-0.05, 0) is 19.4 Å². The van der Waals surface area contributed by atoms with Crippen LogP contribution in [0.3, 0.4) is 0 Å². The maximum Gasteiger partial charge on any atom is 0.101 e. The Morgan fingerprint density at radius 3 is 2.22 bits per heavy atom. The Morgan fingerprint density at radius 2 is 1.67 bits per heavy atom. The lowest BCUT2D eigenvalue weighted by atomic mass is 10.2. The smallest absolute Gasteiger partial charge is 0.101 e. The van der Waals surface area contributed by atoms with Crippen LogP contribution in [-0.2, 0) is 18.9 Å². The second-order valence-corrected chi connectivity index (χ2v) is 3.81. The van der Waals surface area contributed by atoms with Crippen molar-refractivity contribution in [3.63, 3.8) is 0 Å². The van der Waals surface area contributed by atoms with Gasteiger partial charge in [-0.15, -0.1) is 0 Å². The standard InChI is InChI=1S/C13H26O5/c1-4-15-7-8-16-9-10-17-11-13(12(2)3)18-6-5-14/h13-14H,2,4-11H2,1,3H3. The van der Waals surface area contributed by atoms with Crippen LogP contribution in [0, 0.1) is 0 Å². The van der Waals surface area contributed by atoms with E-state index in [0.717, 1.165) is 5.57 Å². The maximum atomic E-state index is 8.68. The molecule has 5 nitrogen and oxygen atoms in total. The summed E-state index contributed by atoms with van der Waals surface area (Å²) >= 11 is 0. The average molecular weight is 262 g/mol. The molecule has 0 aromatic rings. The molecule has 1 atom stereocenters. The first kappa shape index (κ1) is 17.5. The predicted molar refractivity (Wildman–Crippen MR) is 69.8 cm³/mol. The van der Waals surface area contributed by atoms with Gasteiger partial charge in [0.15, 0.2) is 0 Å². The summed E-state index contributed by atoms with van der Waals surface area (Å²) in [6.07, 6.45) is -0.166. The van der Waals surface area contributed by atoms with Crippen LogP contribution < -0.4 is 0 Å². The van der Waals surface area contributed by atoms with Crippen LogP contribution in [0.1, 0.15) is 13.8 Å². The number of rotatable bonds is 13. The Hall–Kier alpha value is -0.460. The minimum atomic E-state index is -0.166. The fourth-order valence-corrected chi connectivity index (χ4v) is 1.20. The largest absolute Gasteiger partial charge is 0.394 e. The summed E-state index contributed by atoms with van der Waals surface area (Å²) in [5, 5.41) is 8.68. The molecule has 0 spiro atoms. The minimum absolute atomic E-state index is 0.00429. The van der Waals surface area contributed by atoms with Gasteiger partial charge in [0.1, 0.15) is 6.10 Å². The highest BCUT2D eigenvalue weighted by atomic mass is 16.6. The molecule has 0 aromatic heterocycles. The Bertz CT molecular complexity index is 196. The molecule has 0 saturated heterocycles. The van der Waals surface area contributed by atoms with E-state index in [1.165, 1.54) is 0 Å². The molecule has 5 heteroatoms. The molecule has 0 amide bonds. The highest BCUT2D eigenvalue weighted by molar-refractivity contribution is 4.97. The van der Waals surface area contributed by atoms with E-state index < -0.39 is 0 Å². The van der Waals surface area contributed by atoms with Crippen LogP contribution in [0.2, 0.25) is 0 Å². The molecule has 0 aliphatic heterocycles. The summed E-state index contributed by atoms with van der Waals surface area (Å²) in [5.41, 5.74) is 0.890. The van der Waals surface area contributed by atoms with Gasteiger partial charge in [0.05, 0.1) is 46.2 Å². The molecule has 108 valence electrons. The quantitative estimate of drug-likeness (QED) is 0.396. The van der Waals surface area contributed by atoms with E-state index in [4.69, 9.17) is 24.1 Å². The molecule has 1 N–H and O–H groups in total. The van der Waals surface area contributed by atoms with Crippen molar-refractivity contribution in [2.24, 2.45) is 0 Å². The zero-order valence-electron chi connectivity index (χ0n) is 11.5. The number of aliphatic hydroxyl groups excluding tert-OH is 1. The Balaban J connectivity index is 3.40. The van der Waals surface area contributed by atoms with Gasteiger partial charge in [-0.2, -0.15) is 0 Å². The van der Waals surface area contributed by atoms with Crippen LogP contribution in [0.15, 0.2) is 12.2 Å². The monoisotopic (exact) mass is 262 g/mol. The van der Waals surface area contributed by atoms with Crippen molar-refractivity contribution in [3.05, 3.63) is 12.2 Å². The van der Waals surface area contributed by atoms with Crippen molar-refractivity contribution in [3.8, 4) is 0 Å². The molecule has 0 fully saturated rings. The first-order chi connectivity index (χ1) is 8.72. The van der Waals surface area contributed by atoms with Gasteiger partial charge in [0.25, 0.3) is 0 Å². The fraction of sp³-hybridized carbons (Fsp3) is 0.846. The first-order valence-corrected chi connectivity index (χ1v) is 6.33. The molecule has 0 aliphatic carbocycles. The lowest BCUT2D eigenvalue weighted by Gasteiger charge is -2.17. The first-order valence-electron chi connectivity index (χ1n) is 6.33. The topological polar surface area (TPSA) is 57.2 Å². The molecular formula is C13H26O5. The van der Waals surface area contributed by atoms with Gasteiger partial charge in [0.2, 0.25) is 0 Å². The SMILES string of the molecule is C=C(C)C(COCCOCCOCC)OCCO. The molecular weight excluding hydrogens is 236 g/mol. The van der Waals surface area contributed by atoms with Crippen LogP contribution in [0.25, 0.3) is 0 Å². The van der Waals surface area contributed by atoms with Gasteiger partial charge >= 0.3 is 0 Å². The Morgan fingerprint density at radius 1 is 1.06 bits per heavy atom. The summed E-state index contributed by atoms with van der Waals surface area (Å²) < 4.78 is 21.2. The van der Waals surface area contributed by atoms with E-state index in [1.807, 2.05) is 13.8 Å². The van der Waals surface area contributed by atoms with Crippen LogP contribution in [-0.4, -0.2) is 64.1 Å². The van der Waals surface area contributed by atoms with Crippen molar-refractivity contribution >= 4 is 0 Å². The van der Waals surface area contributed by atoms with Crippen molar-refractivity contribution < 1.29 is 24.1 Å². The third kappa shape index (κ3) is 10.7. The van der Waals surface area contributed by atoms with E-state index in [0.29, 0.717) is 46.2 Å². The maximum absolute atomic E-state index is 8.68. The molecule has 18 heavy (non-hydrogen) atoms. The molecule has 0 saturated carbocycles. The number of hydrogen-bond acceptors (Lipinski definition) is 5. The zero-order chi connectivity index (χ0) is 13.6. The fourth-order valence-electron chi connectivity index (χ4n) is 1.20. The average Bonchev–Trinajstić information content (AvgIpc) is 2.35. The predicted octanol–water partition coefficient (Wildman–Crippen LogP) is 1.01. The lowest BCUT2D eigenvalue weighted by Crippen LogP contribution is -2.23. The summed E-state index contributed by atoms with van der Waals surface area (Å²) in [6, 6.07) is 0. The van der Waals surface area contributed by atoms with Gasteiger partial charge in [0, 0.05) is 6.61 Å². The van der Waals surface area contributed by atoms with Gasteiger partial charge in [-0.25, -0.2) is 0 Å². The van der Waals surface area contributed by atoms with Crippen molar-refractivity contribution in [2.45, 2.75) is 20.0 Å². The molecule has 1 unspecified atom stereocenters. The second kappa shape index (κ2) is 13.0. The summed E-state index contributed by atoms with van der Waals surface area (Å²) in [5.74, 6) is 0. The summed E-state index contributed by atoms with van der Waals surface area (Å²) in [7, 11) is 0. The van der Waals surface area contributed by atoms with Crippen LogP contribution in [0.4, 0.5) is 0 Å². The van der Waals surface area contributed by atoms with E-state index in [-0.39, 0.29) is 12.7 Å². The highest BCUT2D eigenvalue weighted by Gasteiger charge is 2.09. The van der Waals surface area contributed by atoms with Gasteiger partial charge < -0.3 is 24.1 Å². The van der Waals surface area contributed by atoms with E-state index >= 15 is 0 Å². The lowest BCUT2D eigenvalue weighted by molar-refractivity contribution is -0.0294. The van der Waals surface area contributed by atoms with Crippen molar-refractivity contribution in [1.29, 1.82) is 0 Å². The van der Waals surface area contributed by atoms with Crippen molar-refractivity contribution in [2.75, 3.05) is 52.9 Å². The molecule has 0 aromatic carbocycles.